The first-order valence-corrected chi connectivity index (χ1v) is 6.48. The van der Waals surface area contributed by atoms with Crippen LogP contribution in [0.1, 0.15) is 27.2 Å². The van der Waals surface area contributed by atoms with Crippen molar-refractivity contribution >= 4 is 5.91 Å². The minimum Gasteiger partial charge on any atom is -0.340 e. The number of nitrogens with zero attached hydrogens (tertiary/aromatic N) is 3. The molecule has 0 aromatic carbocycles. The Hall–Kier alpha value is -0.610. The average molecular weight is 241 g/mol. The van der Waals surface area contributed by atoms with Crippen molar-refractivity contribution in [2.45, 2.75) is 32.7 Å². The van der Waals surface area contributed by atoms with Gasteiger partial charge in [-0.1, -0.05) is 0 Å². The van der Waals surface area contributed by atoms with Crippen molar-refractivity contribution in [2.75, 3.05) is 46.8 Å². The van der Waals surface area contributed by atoms with Gasteiger partial charge in [-0.15, -0.1) is 0 Å². The van der Waals surface area contributed by atoms with Gasteiger partial charge in [-0.2, -0.15) is 0 Å². The lowest BCUT2D eigenvalue weighted by atomic mass is 10.0. The smallest absolute Gasteiger partial charge is 0.223 e. The van der Waals surface area contributed by atoms with Crippen LogP contribution in [0.5, 0.6) is 0 Å². The summed E-state index contributed by atoms with van der Waals surface area (Å²) in [6, 6.07) is 0. The Morgan fingerprint density at radius 1 is 1.12 bits per heavy atom. The summed E-state index contributed by atoms with van der Waals surface area (Å²) in [7, 11) is 4.01. The van der Waals surface area contributed by atoms with E-state index in [1.807, 2.05) is 19.0 Å². The van der Waals surface area contributed by atoms with Gasteiger partial charge in [0.25, 0.3) is 0 Å². The molecule has 1 saturated heterocycles. The van der Waals surface area contributed by atoms with E-state index in [-0.39, 0.29) is 5.54 Å². The second-order valence-electron chi connectivity index (χ2n) is 6.09. The van der Waals surface area contributed by atoms with Crippen LogP contribution in [-0.4, -0.2) is 73.0 Å². The van der Waals surface area contributed by atoms with Crippen molar-refractivity contribution in [1.82, 2.24) is 14.7 Å². The maximum Gasteiger partial charge on any atom is 0.223 e. The predicted octanol–water partition coefficient (Wildman–Crippen LogP) is 0.881. The third-order valence-electron chi connectivity index (χ3n) is 3.35. The molecule has 0 saturated carbocycles. The van der Waals surface area contributed by atoms with Crippen LogP contribution in [-0.2, 0) is 4.79 Å². The number of carbonyl (C=O) groups is 1. The van der Waals surface area contributed by atoms with E-state index < -0.39 is 0 Å². The zero-order valence-corrected chi connectivity index (χ0v) is 12.0. The molecule has 1 rings (SSSR count). The van der Waals surface area contributed by atoms with Crippen LogP contribution in [0.25, 0.3) is 0 Å². The summed E-state index contributed by atoms with van der Waals surface area (Å²) in [6.45, 7) is 11.3. The second-order valence-corrected chi connectivity index (χ2v) is 6.09. The zero-order chi connectivity index (χ0) is 13.1. The van der Waals surface area contributed by atoms with E-state index in [4.69, 9.17) is 0 Å². The quantitative estimate of drug-likeness (QED) is 0.734. The minimum atomic E-state index is 0.221. The number of amides is 1. The molecule has 0 N–H and O–H groups in total. The van der Waals surface area contributed by atoms with E-state index in [1.165, 1.54) is 0 Å². The lowest BCUT2D eigenvalue weighted by Crippen LogP contribution is -2.54. The van der Waals surface area contributed by atoms with Gasteiger partial charge in [0.2, 0.25) is 5.91 Å². The summed E-state index contributed by atoms with van der Waals surface area (Å²) in [4.78, 5) is 18.5. The van der Waals surface area contributed by atoms with Crippen molar-refractivity contribution in [1.29, 1.82) is 0 Å². The van der Waals surface area contributed by atoms with Gasteiger partial charge in [-0.05, 0) is 34.9 Å². The monoisotopic (exact) mass is 241 g/mol. The van der Waals surface area contributed by atoms with Gasteiger partial charge in [-0.25, -0.2) is 0 Å². The number of hydrogen-bond donors (Lipinski definition) is 0. The standard InChI is InChI=1S/C13H27N3O/c1-13(2,3)16-10-8-15(9-11-16)12(17)6-7-14(4)5/h6-11H2,1-5H3. The first kappa shape index (κ1) is 14.5. The molecule has 0 spiro atoms. The highest BCUT2D eigenvalue weighted by molar-refractivity contribution is 5.76. The SMILES string of the molecule is CN(C)CCC(=O)N1CCN(C(C)(C)C)CC1. The van der Waals surface area contributed by atoms with Crippen molar-refractivity contribution < 1.29 is 4.79 Å². The number of piperazine rings is 1. The number of rotatable bonds is 3. The summed E-state index contributed by atoms with van der Waals surface area (Å²) in [5.41, 5.74) is 0.221. The largest absolute Gasteiger partial charge is 0.340 e. The molecule has 1 fully saturated rings. The second kappa shape index (κ2) is 5.83. The highest BCUT2D eigenvalue weighted by Gasteiger charge is 2.27. The van der Waals surface area contributed by atoms with E-state index in [9.17, 15) is 4.79 Å². The van der Waals surface area contributed by atoms with Gasteiger partial charge in [-0.3, -0.25) is 9.69 Å². The minimum absolute atomic E-state index is 0.221. The molecule has 0 unspecified atom stereocenters. The van der Waals surface area contributed by atoms with Crippen molar-refractivity contribution in [3.63, 3.8) is 0 Å². The van der Waals surface area contributed by atoms with Crippen LogP contribution < -0.4 is 0 Å². The molecule has 0 aromatic heterocycles. The molecule has 1 aliphatic heterocycles. The van der Waals surface area contributed by atoms with E-state index >= 15 is 0 Å². The Morgan fingerprint density at radius 2 is 1.65 bits per heavy atom. The van der Waals surface area contributed by atoms with Crippen molar-refractivity contribution in [2.24, 2.45) is 0 Å². The normalized spacial score (nSPS) is 18.8. The van der Waals surface area contributed by atoms with Crippen LogP contribution in [0.4, 0.5) is 0 Å². The summed E-state index contributed by atoms with van der Waals surface area (Å²) >= 11 is 0. The highest BCUT2D eigenvalue weighted by Crippen LogP contribution is 2.16. The molecule has 0 aromatic rings. The molecule has 100 valence electrons. The van der Waals surface area contributed by atoms with E-state index in [0.29, 0.717) is 12.3 Å². The average Bonchev–Trinajstić information content (AvgIpc) is 2.25. The first-order chi connectivity index (χ1) is 7.80. The maximum absolute atomic E-state index is 11.9. The lowest BCUT2D eigenvalue weighted by molar-refractivity contribution is -0.134. The van der Waals surface area contributed by atoms with Crippen molar-refractivity contribution in [3.05, 3.63) is 0 Å². The molecular formula is C13H27N3O. The Bertz CT molecular complexity index is 250. The molecule has 0 aliphatic carbocycles. The molecule has 1 heterocycles. The molecule has 17 heavy (non-hydrogen) atoms. The fourth-order valence-electron chi connectivity index (χ4n) is 2.10. The molecular weight excluding hydrogens is 214 g/mol. The van der Waals surface area contributed by atoms with Gasteiger partial charge >= 0.3 is 0 Å². The lowest BCUT2D eigenvalue weighted by Gasteiger charge is -2.42. The molecule has 1 aliphatic rings. The fourth-order valence-corrected chi connectivity index (χ4v) is 2.10. The van der Waals surface area contributed by atoms with E-state index in [2.05, 4.69) is 30.6 Å². The highest BCUT2D eigenvalue weighted by atomic mass is 16.2. The molecule has 0 bridgehead atoms. The molecule has 0 atom stereocenters. The summed E-state index contributed by atoms with van der Waals surface area (Å²) in [5.74, 6) is 0.298. The maximum atomic E-state index is 11.9. The number of carbonyl (C=O) groups excluding carboxylic acids is 1. The van der Waals surface area contributed by atoms with Gasteiger partial charge in [0.05, 0.1) is 0 Å². The van der Waals surface area contributed by atoms with Gasteiger partial charge in [0.15, 0.2) is 0 Å². The van der Waals surface area contributed by atoms with Gasteiger partial charge < -0.3 is 9.80 Å². The van der Waals surface area contributed by atoms with Gasteiger partial charge in [0.1, 0.15) is 0 Å². The predicted molar refractivity (Wildman–Crippen MR) is 71.1 cm³/mol. The molecule has 1 amide bonds. The summed E-state index contributed by atoms with van der Waals surface area (Å²) in [5, 5.41) is 0. The topological polar surface area (TPSA) is 26.8 Å². The van der Waals surface area contributed by atoms with Crippen LogP contribution >= 0.6 is 0 Å². The Labute approximate surface area is 106 Å². The first-order valence-electron chi connectivity index (χ1n) is 6.48. The van der Waals surface area contributed by atoms with Crippen LogP contribution in [0.15, 0.2) is 0 Å². The molecule has 0 radical (unpaired) electrons. The van der Waals surface area contributed by atoms with Crippen molar-refractivity contribution in [3.8, 4) is 0 Å². The molecule has 4 nitrogen and oxygen atoms in total. The zero-order valence-electron chi connectivity index (χ0n) is 12.0. The Balaban J connectivity index is 2.34. The number of hydrogen-bond acceptors (Lipinski definition) is 3. The van der Waals surface area contributed by atoms with Crippen LogP contribution in [0.3, 0.4) is 0 Å². The Morgan fingerprint density at radius 3 is 2.06 bits per heavy atom. The van der Waals surface area contributed by atoms with Gasteiger partial charge in [0, 0.05) is 44.7 Å². The Kier molecular flexibility index (Phi) is 4.95. The van der Waals surface area contributed by atoms with Crippen LogP contribution in [0.2, 0.25) is 0 Å². The summed E-state index contributed by atoms with van der Waals surface area (Å²) < 4.78 is 0. The van der Waals surface area contributed by atoms with Crippen LogP contribution in [0, 0.1) is 0 Å². The fraction of sp³-hybridized carbons (Fsp3) is 0.923. The summed E-state index contributed by atoms with van der Waals surface area (Å²) in [6.07, 6.45) is 0.641. The molecule has 4 heteroatoms. The van der Waals surface area contributed by atoms with E-state index in [1.54, 1.807) is 0 Å². The van der Waals surface area contributed by atoms with E-state index in [0.717, 1.165) is 32.7 Å². The third-order valence-corrected chi connectivity index (χ3v) is 3.35. The third kappa shape index (κ3) is 4.64.